The number of aryl methyl sites for hydroxylation is 1. The number of hydrogen-bond donors (Lipinski definition) is 0. The normalized spacial score (nSPS) is 11.7. The first-order valence-corrected chi connectivity index (χ1v) is 11.2. The van der Waals surface area contributed by atoms with Gasteiger partial charge in [-0.1, -0.05) is 18.2 Å². The van der Waals surface area contributed by atoms with E-state index in [0.29, 0.717) is 47.5 Å². The number of rotatable bonds is 6. The fourth-order valence-corrected chi connectivity index (χ4v) is 4.01. The Morgan fingerprint density at radius 3 is 2.79 bits per heavy atom. The van der Waals surface area contributed by atoms with Gasteiger partial charge < -0.3 is 9.30 Å². The second kappa shape index (κ2) is 9.90. The number of halogens is 1. The average molecular weight is 506 g/mol. The van der Waals surface area contributed by atoms with E-state index in [-0.39, 0.29) is 22.0 Å². The van der Waals surface area contributed by atoms with E-state index in [1.165, 1.54) is 10.5 Å². The minimum atomic E-state index is -0.505. The molecule has 0 atom stereocenters. The third-order valence-corrected chi connectivity index (χ3v) is 5.79. The number of ether oxygens (including phenoxy) is 1. The minimum Gasteiger partial charge on any atom is -0.382 e. The lowest BCUT2D eigenvalue weighted by Gasteiger charge is -2.13. The van der Waals surface area contributed by atoms with Gasteiger partial charge in [-0.2, -0.15) is 10.3 Å². The maximum Gasteiger partial charge on any atom is 0.280 e. The zero-order valence-corrected chi connectivity index (χ0v) is 19.4. The topological polar surface area (TPSA) is 102 Å². The molecule has 1 aromatic carbocycles. The SMILES string of the molecule is CCOCCCn1c(=NC(=O)c2ccccc2Br)c(C#N)cc2c(=O)n3ccccc3nc21. The molecule has 9 heteroatoms. The summed E-state index contributed by atoms with van der Waals surface area (Å²) in [6.07, 6.45) is 2.22. The van der Waals surface area contributed by atoms with Crippen LogP contribution < -0.4 is 11.0 Å². The van der Waals surface area contributed by atoms with Gasteiger partial charge in [-0.15, -0.1) is 0 Å². The van der Waals surface area contributed by atoms with Crippen LogP contribution in [0.2, 0.25) is 0 Å². The molecule has 0 radical (unpaired) electrons. The predicted molar refractivity (Wildman–Crippen MR) is 127 cm³/mol. The molecule has 0 saturated carbocycles. The van der Waals surface area contributed by atoms with Crippen LogP contribution in [0.4, 0.5) is 0 Å². The maximum absolute atomic E-state index is 13.2. The number of fused-ring (bicyclic) bond motifs is 2. The number of amides is 1. The quantitative estimate of drug-likeness (QED) is 0.295. The first-order valence-electron chi connectivity index (χ1n) is 10.4. The van der Waals surface area contributed by atoms with Gasteiger partial charge in [-0.25, -0.2) is 4.98 Å². The Morgan fingerprint density at radius 2 is 2.03 bits per heavy atom. The molecule has 4 rings (SSSR count). The Kier molecular flexibility index (Phi) is 6.77. The summed E-state index contributed by atoms with van der Waals surface area (Å²) >= 11 is 3.37. The largest absolute Gasteiger partial charge is 0.382 e. The van der Waals surface area contributed by atoms with Gasteiger partial charge in [0.2, 0.25) is 0 Å². The van der Waals surface area contributed by atoms with Gasteiger partial charge in [-0.3, -0.25) is 14.0 Å². The number of pyridine rings is 2. The highest BCUT2D eigenvalue weighted by atomic mass is 79.9. The molecule has 1 amide bonds. The monoisotopic (exact) mass is 505 g/mol. The molecule has 0 aliphatic carbocycles. The van der Waals surface area contributed by atoms with E-state index < -0.39 is 5.91 Å². The molecule has 8 nitrogen and oxygen atoms in total. The van der Waals surface area contributed by atoms with E-state index >= 15 is 0 Å². The summed E-state index contributed by atoms with van der Waals surface area (Å²) in [5.41, 5.74) is 1.17. The van der Waals surface area contributed by atoms with E-state index in [1.54, 1.807) is 53.2 Å². The molecule has 0 N–H and O–H groups in total. The molecule has 0 fully saturated rings. The van der Waals surface area contributed by atoms with Gasteiger partial charge in [0.1, 0.15) is 17.4 Å². The number of aromatic nitrogens is 3. The first kappa shape index (κ1) is 22.6. The Labute approximate surface area is 197 Å². The van der Waals surface area contributed by atoms with Crippen LogP contribution >= 0.6 is 15.9 Å². The zero-order chi connectivity index (χ0) is 23.4. The molecule has 0 unspecified atom stereocenters. The van der Waals surface area contributed by atoms with Crippen LogP contribution in [0.25, 0.3) is 16.7 Å². The van der Waals surface area contributed by atoms with Gasteiger partial charge in [0.05, 0.1) is 16.5 Å². The van der Waals surface area contributed by atoms with Crippen LogP contribution in [0.1, 0.15) is 29.3 Å². The maximum atomic E-state index is 13.2. The Morgan fingerprint density at radius 1 is 1.24 bits per heavy atom. The fourth-order valence-electron chi connectivity index (χ4n) is 3.55. The van der Waals surface area contributed by atoms with Crippen LogP contribution in [0.15, 0.2) is 69.0 Å². The van der Waals surface area contributed by atoms with Crippen LogP contribution in [0.3, 0.4) is 0 Å². The minimum absolute atomic E-state index is 0.120. The van der Waals surface area contributed by atoms with E-state index in [4.69, 9.17) is 4.74 Å². The Bertz CT molecular complexity index is 1530. The molecule has 33 heavy (non-hydrogen) atoms. The summed E-state index contributed by atoms with van der Waals surface area (Å²) in [7, 11) is 0. The van der Waals surface area contributed by atoms with Crippen molar-refractivity contribution in [1.29, 1.82) is 5.26 Å². The number of nitriles is 1. The standard InChI is InChI=1S/C24H20BrN5O3/c1-2-33-13-7-12-30-21(28-23(31)17-8-3-4-9-19(17)25)16(15-26)14-18-22(30)27-20-10-5-6-11-29(20)24(18)32/h3-6,8-11,14H,2,7,12-13H2,1H3. The third-order valence-electron chi connectivity index (χ3n) is 5.10. The third kappa shape index (κ3) is 4.49. The predicted octanol–water partition coefficient (Wildman–Crippen LogP) is 3.45. The summed E-state index contributed by atoms with van der Waals surface area (Å²) in [4.78, 5) is 35.1. The zero-order valence-electron chi connectivity index (χ0n) is 17.9. The summed E-state index contributed by atoms with van der Waals surface area (Å²) in [6, 6.07) is 15.7. The second-order valence-corrected chi connectivity index (χ2v) is 8.03. The van der Waals surface area contributed by atoms with Gasteiger partial charge in [-0.05, 0) is 59.6 Å². The van der Waals surface area contributed by atoms with Crippen molar-refractivity contribution in [3.8, 4) is 6.07 Å². The van der Waals surface area contributed by atoms with Crippen LogP contribution in [-0.4, -0.2) is 33.1 Å². The Hall–Kier alpha value is -3.61. The molecule has 0 bridgehead atoms. The number of carbonyl (C=O) groups excluding carboxylic acids is 1. The highest BCUT2D eigenvalue weighted by Crippen LogP contribution is 2.17. The summed E-state index contributed by atoms with van der Waals surface area (Å²) in [6.45, 7) is 3.33. The second-order valence-electron chi connectivity index (χ2n) is 7.18. The van der Waals surface area contributed by atoms with E-state index in [9.17, 15) is 14.9 Å². The molecule has 4 aromatic rings. The van der Waals surface area contributed by atoms with Crippen LogP contribution in [-0.2, 0) is 11.3 Å². The number of benzene rings is 1. The molecule has 0 saturated heterocycles. The smallest absolute Gasteiger partial charge is 0.280 e. The summed E-state index contributed by atoms with van der Waals surface area (Å²) in [5, 5.41) is 10.1. The molecular weight excluding hydrogens is 486 g/mol. The van der Waals surface area contributed by atoms with Crippen molar-refractivity contribution in [2.24, 2.45) is 4.99 Å². The first-order chi connectivity index (χ1) is 16.0. The molecule has 3 aromatic heterocycles. The van der Waals surface area contributed by atoms with Crippen molar-refractivity contribution in [2.45, 2.75) is 19.9 Å². The lowest BCUT2D eigenvalue weighted by molar-refractivity contribution is 0.0996. The van der Waals surface area contributed by atoms with E-state index in [0.717, 1.165) is 0 Å². The van der Waals surface area contributed by atoms with Gasteiger partial charge in [0.25, 0.3) is 11.5 Å². The number of hydrogen-bond acceptors (Lipinski definition) is 5. The van der Waals surface area contributed by atoms with E-state index in [1.807, 2.05) is 6.92 Å². The van der Waals surface area contributed by atoms with Crippen molar-refractivity contribution < 1.29 is 9.53 Å². The number of nitrogens with zero attached hydrogens (tertiary/aromatic N) is 5. The van der Waals surface area contributed by atoms with Crippen molar-refractivity contribution in [1.82, 2.24) is 14.0 Å². The fraction of sp³-hybridized carbons (Fsp3) is 0.208. The van der Waals surface area contributed by atoms with Crippen LogP contribution in [0, 0.1) is 11.3 Å². The summed E-state index contributed by atoms with van der Waals surface area (Å²) < 4.78 is 9.15. The Balaban J connectivity index is 2.02. The van der Waals surface area contributed by atoms with Crippen molar-refractivity contribution in [3.05, 3.63) is 86.2 Å². The van der Waals surface area contributed by atoms with Crippen molar-refractivity contribution >= 4 is 38.5 Å². The lowest BCUT2D eigenvalue weighted by Crippen LogP contribution is -2.30. The molecule has 0 aliphatic rings. The van der Waals surface area contributed by atoms with Crippen molar-refractivity contribution in [3.63, 3.8) is 0 Å². The molecule has 3 heterocycles. The molecule has 166 valence electrons. The average Bonchev–Trinajstić information content (AvgIpc) is 2.83. The molecule has 0 aliphatic heterocycles. The van der Waals surface area contributed by atoms with Crippen LogP contribution in [0.5, 0.6) is 0 Å². The highest BCUT2D eigenvalue weighted by Gasteiger charge is 2.16. The lowest BCUT2D eigenvalue weighted by atomic mass is 10.2. The highest BCUT2D eigenvalue weighted by molar-refractivity contribution is 9.10. The van der Waals surface area contributed by atoms with Gasteiger partial charge >= 0.3 is 0 Å². The summed E-state index contributed by atoms with van der Waals surface area (Å²) in [5.74, 6) is -0.505. The molecule has 0 spiro atoms. The number of carbonyl (C=O) groups is 1. The van der Waals surface area contributed by atoms with Gasteiger partial charge in [0, 0.05) is 30.4 Å². The molecular formula is C24H20BrN5O3. The van der Waals surface area contributed by atoms with E-state index in [2.05, 4.69) is 32.0 Å². The van der Waals surface area contributed by atoms with Gasteiger partial charge in [0.15, 0.2) is 5.49 Å². The van der Waals surface area contributed by atoms with Crippen molar-refractivity contribution in [2.75, 3.05) is 13.2 Å².